The van der Waals surface area contributed by atoms with Crippen LogP contribution in [0.3, 0.4) is 0 Å². The maximum atomic E-state index is 11.9. The maximum Gasteiger partial charge on any atom is 0.326 e. The van der Waals surface area contributed by atoms with Crippen molar-refractivity contribution in [3.63, 3.8) is 0 Å². The van der Waals surface area contributed by atoms with Crippen LogP contribution < -0.4 is 5.32 Å². The van der Waals surface area contributed by atoms with Crippen LogP contribution in [0.1, 0.15) is 25.0 Å². The number of rotatable bonds is 8. The first-order chi connectivity index (χ1) is 9.90. The van der Waals surface area contributed by atoms with E-state index in [1.54, 1.807) is 12.1 Å². The van der Waals surface area contributed by atoms with Gasteiger partial charge in [-0.1, -0.05) is 0 Å². The summed E-state index contributed by atoms with van der Waals surface area (Å²) in [5.41, 5.74) is 0. The lowest BCUT2D eigenvalue weighted by Gasteiger charge is -2.20. The number of carboxylic acids is 2. The zero-order valence-corrected chi connectivity index (χ0v) is 11.6. The molecule has 0 saturated carbocycles. The highest BCUT2D eigenvalue weighted by atomic mass is 16.4. The number of amides is 2. The van der Waals surface area contributed by atoms with Gasteiger partial charge in [-0.2, -0.15) is 0 Å². The molecule has 3 N–H and O–H groups in total. The van der Waals surface area contributed by atoms with E-state index in [2.05, 4.69) is 5.32 Å². The van der Waals surface area contributed by atoms with Gasteiger partial charge in [-0.15, -0.1) is 0 Å². The molecule has 21 heavy (non-hydrogen) atoms. The first kappa shape index (κ1) is 16.5. The Kier molecular flexibility index (Phi) is 6.25. The molecule has 2 amide bonds. The molecule has 116 valence electrons. The third-order valence-corrected chi connectivity index (χ3v) is 2.80. The third kappa shape index (κ3) is 5.98. The van der Waals surface area contributed by atoms with Gasteiger partial charge in [-0.3, -0.25) is 4.79 Å². The topological polar surface area (TPSA) is 120 Å². The van der Waals surface area contributed by atoms with Crippen molar-refractivity contribution in [3.05, 3.63) is 24.2 Å². The molecule has 8 nitrogen and oxygen atoms in total. The van der Waals surface area contributed by atoms with Gasteiger partial charge in [0.25, 0.3) is 0 Å². The molecule has 0 fully saturated rings. The number of aliphatic carboxylic acids is 2. The van der Waals surface area contributed by atoms with E-state index in [9.17, 15) is 14.4 Å². The van der Waals surface area contributed by atoms with Crippen molar-refractivity contribution in [1.29, 1.82) is 0 Å². The molecular formula is C13H18N2O6. The molecule has 0 aliphatic carbocycles. The number of furan rings is 1. The van der Waals surface area contributed by atoms with Gasteiger partial charge in [0, 0.05) is 13.5 Å². The fourth-order valence-electron chi connectivity index (χ4n) is 1.68. The Balaban J connectivity index is 2.47. The van der Waals surface area contributed by atoms with E-state index in [-0.39, 0.29) is 25.8 Å². The van der Waals surface area contributed by atoms with Crippen LogP contribution in [0.25, 0.3) is 0 Å². The molecule has 1 rings (SSSR count). The molecule has 1 aromatic heterocycles. The summed E-state index contributed by atoms with van der Waals surface area (Å²) in [7, 11) is 1.51. The summed E-state index contributed by atoms with van der Waals surface area (Å²) in [5, 5.41) is 19.9. The van der Waals surface area contributed by atoms with E-state index in [0.29, 0.717) is 5.76 Å². The minimum Gasteiger partial charge on any atom is -0.481 e. The Morgan fingerprint density at radius 2 is 2.10 bits per heavy atom. The van der Waals surface area contributed by atoms with Crippen molar-refractivity contribution in [3.8, 4) is 0 Å². The molecule has 1 heterocycles. The van der Waals surface area contributed by atoms with Crippen molar-refractivity contribution in [2.24, 2.45) is 0 Å². The van der Waals surface area contributed by atoms with E-state index in [1.165, 1.54) is 18.2 Å². The average Bonchev–Trinajstić information content (AvgIpc) is 2.89. The summed E-state index contributed by atoms with van der Waals surface area (Å²) in [6.45, 7) is 0.209. The van der Waals surface area contributed by atoms with E-state index in [1.807, 2.05) is 0 Å². The van der Waals surface area contributed by atoms with Crippen LogP contribution in [-0.4, -0.2) is 46.2 Å². The van der Waals surface area contributed by atoms with Crippen LogP contribution in [0.5, 0.6) is 0 Å². The third-order valence-electron chi connectivity index (χ3n) is 2.80. The van der Waals surface area contributed by atoms with Crippen molar-refractivity contribution in [2.75, 3.05) is 7.05 Å². The van der Waals surface area contributed by atoms with Crippen LogP contribution in [0.15, 0.2) is 22.8 Å². The summed E-state index contributed by atoms with van der Waals surface area (Å²) in [6, 6.07) is 1.71. The highest BCUT2D eigenvalue weighted by molar-refractivity contribution is 5.82. The lowest BCUT2D eigenvalue weighted by Crippen LogP contribution is -2.46. The lowest BCUT2D eigenvalue weighted by molar-refractivity contribution is -0.140. The SMILES string of the molecule is CN(Cc1ccco1)C(=O)N[C@H](CCCC(=O)O)C(=O)O. The van der Waals surface area contributed by atoms with Crippen molar-refractivity contribution < 1.29 is 29.0 Å². The number of urea groups is 1. The van der Waals surface area contributed by atoms with Gasteiger partial charge >= 0.3 is 18.0 Å². The first-order valence-corrected chi connectivity index (χ1v) is 6.38. The Labute approximate surface area is 121 Å². The second-order valence-corrected chi connectivity index (χ2v) is 4.56. The van der Waals surface area contributed by atoms with Crippen LogP contribution in [0.4, 0.5) is 4.79 Å². The van der Waals surface area contributed by atoms with E-state index >= 15 is 0 Å². The van der Waals surface area contributed by atoms with Crippen molar-refractivity contribution in [2.45, 2.75) is 31.8 Å². The van der Waals surface area contributed by atoms with Gasteiger partial charge in [-0.05, 0) is 25.0 Å². The molecule has 0 spiro atoms. The first-order valence-electron chi connectivity index (χ1n) is 6.38. The van der Waals surface area contributed by atoms with Gasteiger partial charge in [0.2, 0.25) is 0 Å². The Morgan fingerprint density at radius 3 is 2.62 bits per heavy atom. The second kappa shape index (κ2) is 7.93. The predicted octanol–water partition coefficient (Wildman–Crippen LogP) is 1.13. The fraction of sp³-hybridized carbons (Fsp3) is 0.462. The summed E-state index contributed by atoms with van der Waals surface area (Å²) in [5.74, 6) is -1.62. The van der Waals surface area contributed by atoms with Crippen LogP contribution in [0, 0.1) is 0 Å². The molecule has 8 heteroatoms. The van der Waals surface area contributed by atoms with Gasteiger partial charge in [0.05, 0.1) is 12.8 Å². The molecule has 0 saturated heterocycles. The van der Waals surface area contributed by atoms with Gasteiger partial charge in [0.15, 0.2) is 0 Å². The summed E-state index contributed by atoms with van der Waals surface area (Å²) in [6.07, 6.45) is 1.57. The molecule has 0 aliphatic heterocycles. The Bertz CT molecular complexity index is 485. The predicted molar refractivity (Wildman–Crippen MR) is 71.6 cm³/mol. The summed E-state index contributed by atoms with van der Waals surface area (Å²) in [4.78, 5) is 34.6. The Morgan fingerprint density at radius 1 is 1.38 bits per heavy atom. The largest absolute Gasteiger partial charge is 0.481 e. The standard InChI is InChI=1S/C13H18N2O6/c1-15(8-9-4-3-7-21-9)13(20)14-10(12(18)19)5-2-6-11(16)17/h3-4,7,10H,2,5-6,8H2,1H3,(H,14,20)(H,16,17)(H,18,19)/t10-/m1/s1. The minimum absolute atomic E-state index is 0.0575. The van der Waals surface area contributed by atoms with Gasteiger partial charge < -0.3 is 24.8 Å². The second-order valence-electron chi connectivity index (χ2n) is 4.56. The number of carboxylic acid groups (broad SMARTS) is 2. The zero-order valence-electron chi connectivity index (χ0n) is 11.6. The zero-order chi connectivity index (χ0) is 15.8. The molecular weight excluding hydrogens is 280 g/mol. The minimum atomic E-state index is -1.19. The van der Waals surface area contributed by atoms with Crippen molar-refractivity contribution in [1.82, 2.24) is 10.2 Å². The molecule has 1 atom stereocenters. The average molecular weight is 298 g/mol. The van der Waals surface area contributed by atoms with Gasteiger partial charge in [-0.25, -0.2) is 9.59 Å². The number of carbonyl (C=O) groups excluding carboxylic acids is 1. The normalized spacial score (nSPS) is 11.7. The number of hydrogen-bond donors (Lipinski definition) is 3. The van der Waals surface area contributed by atoms with Crippen LogP contribution in [0.2, 0.25) is 0 Å². The number of hydrogen-bond acceptors (Lipinski definition) is 4. The lowest BCUT2D eigenvalue weighted by atomic mass is 10.1. The number of nitrogens with one attached hydrogen (secondary N) is 1. The highest BCUT2D eigenvalue weighted by Gasteiger charge is 2.22. The van der Waals surface area contributed by atoms with Crippen molar-refractivity contribution >= 4 is 18.0 Å². The monoisotopic (exact) mass is 298 g/mol. The van der Waals surface area contributed by atoms with E-state index in [4.69, 9.17) is 14.6 Å². The molecule has 0 aromatic carbocycles. The molecule has 0 unspecified atom stereocenters. The fourth-order valence-corrected chi connectivity index (χ4v) is 1.68. The number of carbonyl (C=O) groups is 3. The number of nitrogens with zero attached hydrogens (tertiary/aromatic N) is 1. The molecule has 0 radical (unpaired) electrons. The maximum absolute atomic E-state index is 11.9. The van der Waals surface area contributed by atoms with Crippen LogP contribution >= 0.6 is 0 Å². The smallest absolute Gasteiger partial charge is 0.326 e. The molecule has 0 aliphatic rings. The van der Waals surface area contributed by atoms with E-state index < -0.39 is 24.0 Å². The molecule has 0 bridgehead atoms. The quantitative estimate of drug-likeness (QED) is 0.661. The van der Waals surface area contributed by atoms with Gasteiger partial charge in [0.1, 0.15) is 11.8 Å². The highest BCUT2D eigenvalue weighted by Crippen LogP contribution is 2.06. The summed E-state index contributed by atoms with van der Waals surface area (Å²) < 4.78 is 5.09. The summed E-state index contributed by atoms with van der Waals surface area (Å²) >= 11 is 0. The Hall–Kier alpha value is -2.51. The molecule has 1 aromatic rings. The van der Waals surface area contributed by atoms with Crippen LogP contribution in [-0.2, 0) is 16.1 Å². The van der Waals surface area contributed by atoms with E-state index in [0.717, 1.165) is 0 Å².